The van der Waals surface area contributed by atoms with Gasteiger partial charge in [0.1, 0.15) is 0 Å². The van der Waals surface area contributed by atoms with Crippen LogP contribution in [0.4, 0.5) is 5.69 Å². The van der Waals surface area contributed by atoms with Crippen molar-refractivity contribution in [2.45, 2.75) is 27.7 Å². The molecule has 0 unspecified atom stereocenters. The molecule has 0 fully saturated rings. The van der Waals surface area contributed by atoms with Crippen LogP contribution in [0.1, 0.15) is 32.6 Å². The highest BCUT2D eigenvalue weighted by Crippen LogP contribution is 2.33. The van der Waals surface area contributed by atoms with E-state index in [-0.39, 0.29) is 5.91 Å². The lowest BCUT2D eigenvalue weighted by Crippen LogP contribution is -2.14. The number of pyridine rings is 1. The monoisotopic (exact) mass is 448 g/mol. The highest BCUT2D eigenvalue weighted by molar-refractivity contribution is 6.36. The van der Waals surface area contributed by atoms with Crippen molar-refractivity contribution in [1.29, 1.82) is 0 Å². The number of aryl methyl sites for hydroxylation is 3. The number of amides is 1. The Morgan fingerprint density at radius 3 is 2.42 bits per heavy atom. The molecule has 1 aromatic heterocycles. The van der Waals surface area contributed by atoms with Gasteiger partial charge in [-0.15, -0.1) is 0 Å². The predicted molar refractivity (Wildman–Crippen MR) is 131 cm³/mol. The number of nitrogens with one attached hydrogen (secondary N) is 1. The van der Waals surface area contributed by atoms with E-state index in [0.717, 1.165) is 44.4 Å². The third kappa shape index (κ3) is 4.16. The molecule has 156 valence electrons. The molecule has 0 aliphatic carbocycles. The summed E-state index contributed by atoms with van der Waals surface area (Å²) >= 11 is 12.5. The van der Waals surface area contributed by atoms with Gasteiger partial charge >= 0.3 is 0 Å². The largest absolute Gasteiger partial charge is 0.322 e. The molecule has 0 aliphatic heterocycles. The topological polar surface area (TPSA) is 42.0 Å². The first-order valence-electron chi connectivity index (χ1n) is 9.99. The van der Waals surface area contributed by atoms with E-state index in [9.17, 15) is 4.79 Å². The van der Waals surface area contributed by atoms with Gasteiger partial charge in [0.2, 0.25) is 0 Å². The van der Waals surface area contributed by atoms with Gasteiger partial charge in [-0.3, -0.25) is 4.79 Å². The smallest absolute Gasteiger partial charge is 0.256 e. The summed E-state index contributed by atoms with van der Waals surface area (Å²) in [5, 5.41) is 4.93. The Labute approximate surface area is 192 Å². The zero-order chi connectivity index (χ0) is 22.3. The van der Waals surface area contributed by atoms with Gasteiger partial charge in [-0.05, 0) is 80.8 Å². The van der Waals surface area contributed by atoms with Crippen LogP contribution in [0.15, 0.2) is 54.6 Å². The molecule has 0 atom stereocenters. The maximum Gasteiger partial charge on any atom is 0.256 e. The molecule has 0 aliphatic rings. The zero-order valence-electron chi connectivity index (χ0n) is 17.8. The summed E-state index contributed by atoms with van der Waals surface area (Å²) in [4.78, 5) is 18.3. The van der Waals surface area contributed by atoms with Gasteiger partial charge in [-0.25, -0.2) is 4.98 Å². The molecule has 4 rings (SSSR count). The number of benzene rings is 3. The number of aromatic nitrogens is 1. The molecule has 0 saturated carbocycles. The Morgan fingerprint density at radius 2 is 1.68 bits per heavy atom. The summed E-state index contributed by atoms with van der Waals surface area (Å²) in [7, 11) is 0. The number of halogens is 2. The average molecular weight is 449 g/mol. The number of hydrogen-bond donors (Lipinski definition) is 1. The number of hydrogen-bond acceptors (Lipinski definition) is 2. The zero-order valence-corrected chi connectivity index (χ0v) is 19.3. The number of anilines is 1. The Morgan fingerprint density at radius 1 is 0.903 bits per heavy atom. The van der Waals surface area contributed by atoms with Crippen LogP contribution in [0.3, 0.4) is 0 Å². The Hall–Kier alpha value is -2.88. The lowest BCUT2D eigenvalue weighted by atomic mass is 9.99. The second kappa shape index (κ2) is 8.33. The van der Waals surface area contributed by atoms with Gasteiger partial charge in [0.05, 0.1) is 21.8 Å². The van der Waals surface area contributed by atoms with Crippen molar-refractivity contribution in [2.75, 3.05) is 5.32 Å². The van der Waals surface area contributed by atoms with Gasteiger partial charge in [0.15, 0.2) is 0 Å². The molecule has 0 saturated heterocycles. The number of nitrogens with zero attached hydrogens (tertiary/aromatic N) is 1. The summed E-state index contributed by atoms with van der Waals surface area (Å²) in [6, 6.07) is 17.0. The van der Waals surface area contributed by atoms with Gasteiger partial charge < -0.3 is 5.32 Å². The van der Waals surface area contributed by atoms with Crippen LogP contribution in [0.2, 0.25) is 10.0 Å². The van der Waals surface area contributed by atoms with Gasteiger partial charge in [0, 0.05) is 21.7 Å². The molecule has 0 bridgehead atoms. The van der Waals surface area contributed by atoms with E-state index in [4.69, 9.17) is 28.2 Å². The molecule has 4 aromatic rings. The molecule has 1 heterocycles. The average Bonchev–Trinajstić information content (AvgIpc) is 2.71. The number of carbonyl (C=O) groups excluding carboxylic acids is 1. The lowest BCUT2D eigenvalue weighted by molar-refractivity contribution is 0.102. The van der Waals surface area contributed by atoms with Crippen molar-refractivity contribution in [1.82, 2.24) is 4.98 Å². The first-order chi connectivity index (χ1) is 14.7. The van der Waals surface area contributed by atoms with Crippen LogP contribution in [-0.4, -0.2) is 10.9 Å². The van der Waals surface area contributed by atoms with Gasteiger partial charge in [-0.1, -0.05) is 47.0 Å². The normalized spacial score (nSPS) is 11.0. The standard InChI is InChI=1S/C26H22Cl2N2O/c1-14-10-16(3)25-20(11-14)21(26(31)30-23-7-5-6-15(2)17(23)4)13-24(29-25)19-9-8-18(27)12-22(19)28/h5-13H,1-4H3,(H,30,31). The molecular weight excluding hydrogens is 427 g/mol. The summed E-state index contributed by atoms with van der Waals surface area (Å²) in [6.07, 6.45) is 0. The van der Waals surface area contributed by atoms with Crippen LogP contribution in [0, 0.1) is 27.7 Å². The van der Waals surface area contributed by atoms with Crippen molar-refractivity contribution in [3.05, 3.63) is 92.5 Å². The predicted octanol–water partition coefficient (Wildman–Crippen LogP) is 7.69. The maximum absolute atomic E-state index is 13.4. The van der Waals surface area contributed by atoms with Crippen LogP contribution in [0.5, 0.6) is 0 Å². The first-order valence-corrected chi connectivity index (χ1v) is 10.7. The molecule has 3 nitrogen and oxygen atoms in total. The Kier molecular flexibility index (Phi) is 5.74. The Bertz CT molecular complexity index is 1350. The van der Waals surface area contributed by atoms with Crippen LogP contribution in [0.25, 0.3) is 22.2 Å². The molecule has 3 aromatic carbocycles. The fraction of sp³-hybridized carbons (Fsp3) is 0.154. The molecule has 1 amide bonds. The summed E-state index contributed by atoms with van der Waals surface area (Å²) < 4.78 is 0. The fourth-order valence-corrected chi connectivity index (χ4v) is 4.29. The third-order valence-corrected chi connectivity index (χ3v) is 6.10. The van der Waals surface area contributed by atoms with Crippen LogP contribution < -0.4 is 5.32 Å². The summed E-state index contributed by atoms with van der Waals surface area (Å²) in [5.41, 5.74) is 7.73. The van der Waals surface area contributed by atoms with Crippen molar-refractivity contribution in [3.8, 4) is 11.3 Å². The van der Waals surface area contributed by atoms with E-state index in [1.807, 2.05) is 58.0 Å². The minimum atomic E-state index is -0.183. The molecule has 1 N–H and O–H groups in total. The van der Waals surface area contributed by atoms with Crippen molar-refractivity contribution >= 4 is 45.7 Å². The molecule has 0 radical (unpaired) electrons. The van der Waals surface area contributed by atoms with Gasteiger partial charge in [0.25, 0.3) is 5.91 Å². The van der Waals surface area contributed by atoms with E-state index >= 15 is 0 Å². The Balaban J connectivity index is 1.92. The SMILES string of the molecule is Cc1cc(C)c2nc(-c3ccc(Cl)cc3Cl)cc(C(=O)Nc3cccc(C)c3C)c2c1. The first kappa shape index (κ1) is 21.4. The third-order valence-electron chi connectivity index (χ3n) is 5.55. The molecule has 5 heteroatoms. The van der Waals surface area contributed by atoms with E-state index < -0.39 is 0 Å². The number of carbonyl (C=O) groups is 1. The molecule has 31 heavy (non-hydrogen) atoms. The van der Waals surface area contributed by atoms with Gasteiger partial charge in [-0.2, -0.15) is 0 Å². The van der Waals surface area contributed by atoms with Crippen LogP contribution in [-0.2, 0) is 0 Å². The fourth-order valence-electron chi connectivity index (χ4n) is 3.78. The van der Waals surface area contributed by atoms with Crippen molar-refractivity contribution in [2.24, 2.45) is 0 Å². The molecular formula is C26H22Cl2N2O. The number of rotatable bonds is 3. The lowest BCUT2D eigenvalue weighted by Gasteiger charge is -2.15. The molecule has 0 spiro atoms. The minimum absolute atomic E-state index is 0.183. The van der Waals surface area contributed by atoms with Crippen molar-refractivity contribution in [3.63, 3.8) is 0 Å². The highest BCUT2D eigenvalue weighted by atomic mass is 35.5. The highest BCUT2D eigenvalue weighted by Gasteiger charge is 2.18. The van der Waals surface area contributed by atoms with E-state index in [0.29, 0.717) is 21.3 Å². The van der Waals surface area contributed by atoms with E-state index in [1.54, 1.807) is 18.2 Å². The van der Waals surface area contributed by atoms with Crippen LogP contribution >= 0.6 is 23.2 Å². The second-order valence-electron chi connectivity index (χ2n) is 7.86. The summed E-state index contributed by atoms with van der Waals surface area (Å²) in [6.45, 7) is 8.05. The quantitative estimate of drug-likeness (QED) is 0.348. The second-order valence-corrected chi connectivity index (χ2v) is 8.70. The maximum atomic E-state index is 13.4. The van der Waals surface area contributed by atoms with E-state index in [2.05, 4.69) is 11.4 Å². The van der Waals surface area contributed by atoms with E-state index in [1.165, 1.54) is 0 Å². The van der Waals surface area contributed by atoms with Crippen molar-refractivity contribution < 1.29 is 4.79 Å². The minimum Gasteiger partial charge on any atom is -0.322 e. The number of fused-ring (bicyclic) bond motifs is 1. The summed E-state index contributed by atoms with van der Waals surface area (Å²) in [5.74, 6) is -0.183.